The normalized spacial score (nSPS) is 12.7. The van der Waals surface area contributed by atoms with Crippen LogP contribution < -0.4 is 0 Å². The van der Waals surface area contributed by atoms with E-state index in [0.29, 0.717) is 5.16 Å². The molecule has 2 heterocycles. The fourth-order valence-corrected chi connectivity index (χ4v) is 3.47. The van der Waals surface area contributed by atoms with Gasteiger partial charge >= 0.3 is 5.97 Å². The molecule has 22 heavy (non-hydrogen) atoms. The van der Waals surface area contributed by atoms with E-state index >= 15 is 0 Å². The molecule has 0 fully saturated rings. The second kappa shape index (κ2) is 5.61. The van der Waals surface area contributed by atoms with Crippen molar-refractivity contribution < 1.29 is 9.53 Å². The van der Waals surface area contributed by atoms with Gasteiger partial charge in [-0.05, 0) is 38.0 Å². The lowest BCUT2D eigenvalue weighted by Gasteiger charge is -2.11. The van der Waals surface area contributed by atoms with Crippen molar-refractivity contribution in [1.29, 1.82) is 0 Å². The van der Waals surface area contributed by atoms with Gasteiger partial charge in [-0.2, -0.15) is 0 Å². The maximum atomic E-state index is 11.7. The van der Waals surface area contributed by atoms with Crippen molar-refractivity contribution in [2.24, 2.45) is 0 Å². The number of rotatable bonds is 3. The van der Waals surface area contributed by atoms with Gasteiger partial charge in [0, 0.05) is 5.39 Å². The Hall–Kier alpha value is -2.08. The first-order valence-electron chi connectivity index (χ1n) is 7.01. The number of carbonyl (C=O) groups is 1. The lowest BCUT2D eigenvalue weighted by molar-refractivity contribution is -0.139. The third-order valence-corrected chi connectivity index (χ3v) is 4.73. The van der Waals surface area contributed by atoms with Gasteiger partial charge in [0.05, 0.1) is 12.6 Å². The van der Waals surface area contributed by atoms with Gasteiger partial charge in [-0.1, -0.05) is 30.0 Å². The number of para-hydroxylation sites is 1. The Morgan fingerprint density at radius 2 is 2.05 bits per heavy atom. The molecule has 114 valence electrons. The summed E-state index contributed by atoms with van der Waals surface area (Å²) in [6, 6.07) is 8.22. The Kier molecular flexibility index (Phi) is 3.78. The number of nitrogens with zero attached hydrogens (tertiary/aromatic N) is 3. The first kappa shape index (κ1) is 14.8. The number of thioether (sulfide) groups is 1. The summed E-state index contributed by atoms with van der Waals surface area (Å²) in [6.07, 6.45) is 0. The monoisotopic (exact) mass is 315 g/mol. The number of fused-ring (bicyclic) bond motifs is 3. The quantitative estimate of drug-likeness (QED) is 0.549. The lowest BCUT2D eigenvalue weighted by Crippen LogP contribution is -2.15. The number of aryl methyl sites for hydroxylation is 2. The maximum absolute atomic E-state index is 11.7. The van der Waals surface area contributed by atoms with E-state index in [2.05, 4.69) is 36.2 Å². The summed E-state index contributed by atoms with van der Waals surface area (Å²) >= 11 is 1.36. The number of carbonyl (C=O) groups excluding carboxylic acids is 1. The van der Waals surface area contributed by atoms with Gasteiger partial charge in [-0.3, -0.25) is 9.20 Å². The van der Waals surface area contributed by atoms with Gasteiger partial charge in [-0.15, -0.1) is 10.2 Å². The van der Waals surface area contributed by atoms with Crippen LogP contribution in [0.4, 0.5) is 0 Å². The average Bonchev–Trinajstić information content (AvgIpc) is 2.89. The molecule has 0 N–H and O–H groups in total. The van der Waals surface area contributed by atoms with Crippen molar-refractivity contribution in [1.82, 2.24) is 14.6 Å². The van der Waals surface area contributed by atoms with E-state index in [1.165, 1.54) is 24.3 Å². The van der Waals surface area contributed by atoms with Gasteiger partial charge in [0.15, 0.2) is 10.8 Å². The van der Waals surface area contributed by atoms with E-state index in [-0.39, 0.29) is 11.2 Å². The van der Waals surface area contributed by atoms with Crippen LogP contribution in [0.3, 0.4) is 0 Å². The Morgan fingerprint density at radius 3 is 2.77 bits per heavy atom. The molecule has 0 radical (unpaired) electrons. The van der Waals surface area contributed by atoms with Gasteiger partial charge in [-0.25, -0.2) is 0 Å². The van der Waals surface area contributed by atoms with E-state index in [9.17, 15) is 4.79 Å². The third-order valence-electron chi connectivity index (χ3n) is 3.71. The molecule has 2 aromatic heterocycles. The van der Waals surface area contributed by atoms with E-state index in [0.717, 1.165) is 22.3 Å². The molecule has 6 heteroatoms. The van der Waals surface area contributed by atoms with Crippen molar-refractivity contribution in [3.8, 4) is 0 Å². The summed E-state index contributed by atoms with van der Waals surface area (Å²) in [5.74, 6) is -0.269. The highest BCUT2D eigenvalue weighted by Gasteiger charge is 2.20. The van der Waals surface area contributed by atoms with Crippen LogP contribution in [-0.4, -0.2) is 32.9 Å². The van der Waals surface area contributed by atoms with Crippen molar-refractivity contribution in [2.45, 2.75) is 31.2 Å². The molecular formula is C16H17N3O2S. The van der Waals surface area contributed by atoms with Crippen LogP contribution in [0.25, 0.3) is 16.6 Å². The zero-order chi connectivity index (χ0) is 15.9. The smallest absolute Gasteiger partial charge is 0.318 e. The third kappa shape index (κ3) is 2.33. The molecule has 0 saturated carbocycles. The molecule has 5 nitrogen and oxygen atoms in total. The summed E-state index contributed by atoms with van der Waals surface area (Å²) < 4.78 is 6.80. The van der Waals surface area contributed by atoms with Crippen LogP contribution >= 0.6 is 11.8 Å². The van der Waals surface area contributed by atoms with Gasteiger partial charge in [0.2, 0.25) is 0 Å². The molecular weight excluding hydrogens is 298 g/mol. The number of methoxy groups -OCH3 is 1. The number of hydrogen-bond donors (Lipinski definition) is 0. The van der Waals surface area contributed by atoms with Gasteiger partial charge in [0.1, 0.15) is 5.25 Å². The minimum absolute atomic E-state index is 0.269. The highest BCUT2D eigenvalue weighted by atomic mass is 32.2. The second-order valence-electron chi connectivity index (χ2n) is 5.26. The van der Waals surface area contributed by atoms with Crippen LogP contribution in [0.5, 0.6) is 0 Å². The molecule has 0 saturated heterocycles. The molecule has 0 amide bonds. The molecule has 3 aromatic rings. The fourth-order valence-electron chi connectivity index (χ4n) is 2.58. The summed E-state index contributed by atoms with van der Waals surface area (Å²) in [5, 5.41) is 10.0. The molecule has 1 atom stereocenters. The van der Waals surface area contributed by atoms with Crippen LogP contribution in [-0.2, 0) is 9.53 Å². The van der Waals surface area contributed by atoms with Crippen molar-refractivity contribution in [3.05, 3.63) is 35.4 Å². The summed E-state index contributed by atoms with van der Waals surface area (Å²) in [4.78, 5) is 11.7. The first-order valence-corrected chi connectivity index (χ1v) is 7.89. The Bertz CT molecular complexity index is 873. The largest absolute Gasteiger partial charge is 0.468 e. The van der Waals surface area contributed by atoms with Crippen molar-refractivity contribution in [3.63, 3.8) is 0 Å². The Labute approximate surface area is 132 Å². The predicted molar refractivity (Wildman–Crippen MR) is 87.3 cm³/mol. The standard InChI is InChI=1S/C16H17N3O2S/c1-9-6-5-7-12-10(2)8-13-17-18-16(19(13)14(9)12)22-11(3)15(20)21-4/h5-8,11H,1-4H3/t11-/m0/s1. The topological polar surface area (TPSA) is 56.5 Å². The highest BCUT2D eigenvalue weighted by molar-refractivity contribution is 8.00. The van der Waals surface area contributed by atoms with Crippen LogP contribution in [0.2, 0.25) is 0 Å². The second-order valence-corrected chi connectivity index (χ2v) is 6.57. The molecule has 0 spiro atoms. The molecule has 0 aliphatic carbocycles. The number of esters is 1. The fraction of sp³-hybridized carbons (Fsp3) is 0.312. The van der Waals surface area contributed by atoms with E-state index < -0.39 is 0 Å². The predicted octanol–water partition coefficient (Wildman–Crippen LogP) is 3.15. The lowest BCUT2D eigenvalue weighted by atomic mass is 10.1. The average molecular weight is 315 g/mol. The number of benzene rings is 1. The molecule has 0 aliphatic heterocycles. The minimum Gasteiger partial charge on any atom is -0.468 e. The van der Waals surface area contributed by atoms with Crippen LogP contribution in [0.1, 0.15) is 18.1 Å². The number of aromatic nitrogens is 3. The zero-order valence-electron chi connectivity index (χ0n) is 13.0. The highest BCUT2D eigenvalue weighted by Crippen LogP contribution is 2.29. The molecule has 0 unspecified atom stereocenters. The zero-order valence-corrected chi connectivity index (χ0v) is 13.8. The van der Waals surface area contributed by atoms with E-state index in [1.807, 2.05) is 16.5 Å². The Balaban J connectivity index is 2.23. The van der Waals surface area contributed by atoms with Gasteiger partial charge in [0.25, 0.3) is 0 Å². The number of pyridine rings is 1. The number of hydrogen-bond acceptors (Lipinski definition) is 5. The minimum atomic E-state index is -0.335. The first-order chi connectivity index (χ1) is 10.5. The number of ether oxygens (including phenoxy) is 1. The van der Waals surface area contributed by atoms with Crippen molar-refractivity contribution in [2.75, 3.05) is 7.11 Å². The summed E-state index contributed by atoms with van der Waals surface area (Å²) in [5.41, 5.74) is 4.19. The molecule has 0 aliphatic rings. The SMILES string of the molecule is COC(=O)[C@H](C)Sc1nnc2cc(C)c3cccc(C)c3n12. The molecule has 0 bridgehead atoms. The molecule has 1 aromatic carbocycles. The van der Waals surface area contributed by atoms with Gasteiger partial charge < -0.3 is 4.74 Å². The Morgan fingerprint density at radius 1 is 1.27 bits per heavy atom. The molecule has 3 rings (SSSR count). The maximum Gasteiger partial charge on any atom is 0.318 e. The van der Waals surface area contributed by atoms with Crippen LogP contribution in [0, 0.1) is 13.8 Å². The van der Waals surface area contributed by atoms with Crippen LogP contribution in [0.15, 0.2) is 29.4 Å². The van der Waals surface area contributed by atoms with E-state index in [1.54, 1.807) is 6.92 Å². The summed E-state index contributed by atoms with van der Waals surface area (Å²) in [7, 11) is 1.39. The summed E-state index contributed by atoms with van der Waals surface area (Å²) in [6.45, 7) is 5.94. The van der Waals surface area contributed by atoms with E-state index in [4.69, 9.17) is 4.74 Å². The van der Waals surface area contributed by atoms with Crippen molar-refractivity contribution >= 4 is 34.3 Å².